The minimum Gasteiger partial charge on any atom is -0.428 e. The second-order valence-electron chi connectivity index (χ2n) is 3.01. The lowest BCUT2D eigenvalue weighted by molar-refractivity contribution is -0.178. The van der Waals surface area contributed by atoms with Gasteiger partial charge < -0.3 is 15.2 Å². The molecule has 5 nitrogen and oxygen atoms in total. The van der Waals surface area contributed by atoms with E-state index in [1.807, 2.05) is 0 Å². The van der Waals surface area contributed by atoms with Gasteiger partial charge in [-0.05, 0) is 5.92 Å². The molecule has 0 aromatic rings. The van der Waals surface area contributed by atoms with Crippen LogP contribution in [0.2, 0.25) is 0 Å². The molecule has 0 amide bonds. The first-order chi connectivity index (χ1) is 5.99. The van der Waals surface area contributed by atoms with E-state index in [4.69, 9.17) is 10.5 Å². The maximum Gasteiger partial charge on any atom is 0.326 e. The average Bonchev–Trinajstić information content (AvgIpc) is 2.03. The minimum atomic E-state index is -0.880. The zero-order valence-corrected chi connectivity index (χ0v) is 8.02. The third-order valence-corrected chi connectivity index (χ3v) is 1.52. The number of carbonyl (C=O) groups is 2. The molecular formula is C8H15NO4. The van der Waals surface area contributed by atoms with Gasteiger partial charge in [0.15, 0.2) is 0 Å². The Bertz CT molecular complexity index is 181. The first-order valence-corrected chi connectivity index (χ1v) is 4.04. The van der Waals surface area contributed by atoms with Crippen molar-refractivity contribution in [3.05, 3.63) is 0 Å². The fourth-order valence-electron chi connectivity index (χ4n) is 0.620. The van der Waals surface area contributed by atoms with E-state index in [-0.39, 0.29) is 12.4 Å². The summed E-state index contributed by atoms with van der Waals surface area (Å²) in [5, 5.41) is 0. The second-order valence-corrected chi connectivity index (χ2v) is 3.01. The Kier molecular flexibility index (Phi) is 5.06. The Morgan fingerprint density at radius 2 is 1.92 bits per heavy atom. The van der Waals surface area contributed by atoms with E-state index in [0.717, 1.165) is 0 Å². The summed E-state index contributed by atoms with van der Waals surface area (Å²) in [4.78, 5) is 21.0. The van der Waals surface area contributed by atoms with Gasteiger partial charge in [0, 0.05) is 6.92 Å². The Hall–Kier alpha value is -1.10. The van der Waals surface area contributed by atoms with E-state index in [1.165, 1.54) is 6.92 Å². The molecule has 0 aliphatic heterocycles. The SMILES string of the molecule is CC(OC=O)OC(=O)C(N)C(C)C. The molecule has 2 N–H and O–H groups in total. The van der Waals surface area contributed by atoms with E-state index in [1.54, 1.807) is 13.8 Å². The van der Waals surface area contributed by atoms with Crippen LogP contribution in [-0.2, 0) is 19.1 Å². The quantitative estimate of drug-likeness (QED) is 0.375. The van der Waals surface area contributed by atoms with Crippen molar-refractivity contribution in [2.45, 2.75) is 33.1 Å². The molecule has 0 rings (SSSR count). The van der Waals surface area contributed by atoms with E-state index >= 15 is 0 Å². The molecule has 0 bridgehead atoms. The van der Waals surface area contributed by atoms with Crippen LogP contribution >= 0.6 is 0 Å². The van der Waals surface area contributed by atoms with Crippen molar-refractivity contribution in [1.29, 1.82) is 0 Å². The molecule has 0 spiro atoms. The van der Waals surface area contributed by atoms with Crippen molar-refractivity contribution in [1.82, 2.24) is 0 Å². The molecule has 5 heteroatoms. The van der Waals surface area contributed by atoms with Gasteiger partial charge in [-0.3, -0.25) is 9.59 Å². The minimum absolute atomic E-state index is 0.00377. The largest absolute Gasteiger partial charge is 0.428 e. The molecule has 76 valence electrons. The molecule has 0 aliphatic rings. The highest BCUT2D eigenvalue weighted by atomic mass is 16.7. The molecule has 0 aromatic heterocycles. The first kappa shape index (κ1) is 11.9. The van der Waals surface area contributed by atoms with Gasteiger partial charge in [-0.1, -0.05) is 13.8 Å². The summed E-state index contributed by atoms with van der Waals surface area (Å²) in [5.41, 5.74) is 5.49. The third-order valence-electron chi connectivity index (χ3n) is 1.52. The topological polar surface area (TPSA) is 78.6 Å². The van der Waals surface area contributed by atoms with Crippen LogP contribution in [0, 0.1) is 5.92 Å². The highest BCUT2D eigenvalue weighted by Crippen LogP contribution is 2.02. The monoisotopic (exact) mass is 189 g/mol. The van der Waals surface area contributed by atoms with Gasteiger partial charge in [-0.2, -0.15) is 0 Å². The van der Waals surface area contributed by atoms with Crippen LogP contribution in [-0.4, -0.2) is 24.8 Å². The van der Waals surface area contributed by atoms with Crippen molar-refractivity contribution in [3.63, 3.8) is 0 Å². The van der Waals surface area contributed by atoms with Crippen LogP contribution in [0.15, 0.2) is 0 Å². The molecule has 0 saturated heterocycles. The van der Waals surface area contributed by atoms with E-state index in [9.17, 15) is 9.59 Å². The fourth-order valence-corrected chi connectivity index (χ4v) is 0.620. The fraction of sp³-hybridized carbons (Fsp3) is 0.750. The molecule has 2 unspecified atom stereocenters. The van der Waals surface area contributed by atoms with E-state index < -0.39 is 18.3 Å². The smallest absolute Gasteiger partial charge is 0.326 e. The van der Waals surface area contributed by atoms with Gasteiger partial charge in [0.2, 0.25) is 6.29 Å². The van der Waals surface area contributed by atoms with Crippen molar-refractivity contribution >= 4 is 12.4 Å². The van der Waals surface area contributed by atoms with E-state index in [0.29, 0.717) is 0 Å². The summed E-state index contributed by atoms with van der Waals surface area (Å²) in [7, 11) is 0. The number of nitrogens with two attached hydrogens (primary N) is 1. The molecule has 13 heavy (non-hydrogen) atoms. The number of hydrogen-bond acceptors (Lipinski definition) is 5. The number of carbonyl (C=O) groups excluding carboxylic acids is 2. The summed E-state index contributed by atoms with van der Waals surface area (Å²) in [5.74, 6) is -0.569. The lowest BCUT2D eigenvalue weighted by atomic mass is 10.1. The summed E-state index contributed by atoms with van der Waals surface area (Å²) in [6, 6.07) is -0.683. The maximum atomic E-state index is 11.1. The van der Waals surface area contributed by atoms with Crippen molar-refractivity contribution < 1.29 is 19.1 Å². The molecule has 2 atom stereocenters. The van der Waals surface area contributed by atoms with Crippen LogP contribution in [0.3, 0.4) is 0 Å². The molecule has 0 heterocycles. The molecule has 0 aromatic carbocycles. The van der Waals surface area contributed by atoms with Crippen LogP contribution in [0.25, 0.3) is 0 Å². The lowest BCUT2D eigenvalue weighted by Gasteiger charge is -2.17. The van der Waals surface area contributed by atoms with Gasteiger partial charge in [0.1, 0.15) is 6.04 Å². The maximum absolute atomic E-state index is 11.1. The van der Waals surface area contributed by atoms with Crippen LogP contribution in [0.5, 0.6) is 0 Å². The zero-order chi connectivity index (χ0) is 10.4. The molecule has 0 fully saturated rings. The van der Waals surface area contributed by atoms with Crippen molar-refractivity contribution in [2.75, 3.05) is 0 Å². The number of ether oxygens (including phenoxy) is 2. The Balaban J connectivity index is 3.92. The van der Waals surface area contributed by atoms with Crippen LogP contribution in [0.1, 0.15) is 20.8 Å². The van der Waals surface area contributed by atoms with Crippen molar-refractivity contribution in [2.24, 2.45) is 11.7 Å². The number of esters is 1. The van der Waals surface area contributed by atoms with Gasteiger partial charge in [-0.25, -0.2) is 0 Å². The van der Waals surface area contributed by atoms with Gasteiger partial charge in [0.05, 0.1) is 0 Å². The Morgan fingerprint density at radius 1 is 1.38 bits per heavy atom. The van der Waals surface area contributed by atoms with Gasteiger partial charge in [-0.15, -0.1) is 0 Å². The highest BCUT2D eigenvalue weighted by Gasteiger charge is 2.21. The molecule has 0 aliphatic carbocycles. The Morgan fingerprint density at radius 3 is 2.31 bits per heavy atom. The predicted octanol–water partition coefficient (Wildman–Crippen LogP) is 0.0319. The summed E-state index contributed by atoms with van der Waals surface area (Å²) in [6.07, 6.45) is -0.880. The Labute approximate surface area is 77.2 Å². The van der Waals surface area contributed by atoms with Crippen LogP contribution < -0.4 is 5.73 Å². The molecule has 0 saturated carbocycles. The summed E-state index contributed by atoms with van der Waals surface area (Å²) in [6.45, 7) is 5.27. The summed E-state index contributed by atoms with van der Waals surface area (Å²) < 4.78 is 9.06. The van der Waals surface area contributed by atoms with E-state index in [2.05, 4.69) is 4.74 Å². The molecule has 0 radical (unpaired) electrons. The third kappa shape index (κ3) is 4.47. The standard InChI is InChI=1S/C8H15NO4/c1-5(2)7(9)8(11)13-6(3)12-4-10/h4-7H,9H2,1-3H3. The lowest BCUT2D eigenvalue weighted by Crippen LogP contribution is -2.38. The second kappa shape index (κ2) is 5.53. The average molecular weight is 189 g/mol. The van der Waals surface area contributed by atoms with Gasteiger partial charge >= 0.3 is 5.97 Å². The highest BCUT2D eigenvalue weighted by molar-refractivity contribution is 5.75. The van der Waals surface area contributed by atoms with Crippen LogP contribution in [0.4, 0.5) is 0 Å². The van der Waals surface area contributed by atoms with Crippen molar-refractivity contribution in [3.8, 4) is 0 Å². The predicted molar refractivity (Wildman–Crippen MR) is 45.5 cm³/mol. The van der Waals surface area contributed by atoms with Gasteiger partial charge in [0.25, 0.3) is 6.47 Å². The molecular weight excluding hydrogens is 174 g/mol. The summed E-state index contributed by atoms with van der Waals surface area (Å²) >= 11 is 0. The normalized spacial score (nSPS) is 14.8. The zero-order valence-electron chi connectivity index (χ0n) is 8.02. The number of rotatable bonds is 5. The first-order valence-electron chi connectivity index (χ1n) is 4.04. The number of hydrogen-bond donors (Lipinski definition) is 1.